The predicted molar refractivity (Wildman–Crippen MR) is 94.0 cm³/mol. The molecule has 1 saturated heterocycles. The zero-order valence-electron chi connectivity index (χ0n) is 14.8. The Bertz CT molecular complexity index is 717. The summed E-state index contributed by atoms with van der Waals surface area (Å²) in [4.78, 5) is 41.1. The Morgan fingerprint density at radius 2 is 1.72 bits per heavy atom. The Morgan fingerprint density at radius 1 is 1.08 bits per heavy atom. The first kappa shape index (κ1) is 16.3. The van der Waals surface area contributed by atoms with E-state index in [-0.39, 0.29) is 36.1 Å². The molecule has 5 nitrogen and oxygen atoms in total. The number of imide groups is 1. The summed E-state index contributed by atoms with van der Waals surface area (Å²) in [5.74, 6) is 0.0894. The summed E-state index contributed by atoms with van der Waals surface area (Å²) in [6, 6.07) is 7.12. The molecule has 3 amide bonds. The van der Waals surface area contributed by atoms with Crippen molar-refractivity contribution in [2.24, 2.45) is 5.92 Å². The lowest BCUT2D eigenvalue weighted by atomic mass is 10.0. The molecular formula is C20H24N2O3. The van der Waals surface area contributed by atoms with E-state index < -0.39 is 6.04 Å². The molecule has 3 aliphatic rings. The molecule has 132 valence electrons. The molecule has 0 aromatic heterocycles. The third-order valence-electron chi connectivity index (χ3n) is 5.40. The standard InChI is InChI=1S/C20H24N2O3/c1-12(2)13-5-7-16(8-6-13)22-18(23)11-17(20(22)25)21(15-9-10-15)19(24)14-3-4-14/h5-8,12,14-15,17H,3-4,9-11H2,1-2H3. The van der Waals surface area contributed by atoms with E-state index in [1.165, 1.54) is 10.5 Å². The number of hydrogen-bond acceptors (Lipinski definition) is 3. The third kappa shape index (κ3) is 2.96. The molecule has 2 saturated carbocycles. The first-order chi connectivity index (χ1) is 12.0. The summed E-state index contributed by atoms with van der Waals surface area (Å²) in [5, 5.41) is 0. The van der Waals surface area contributed by atoms with Crippen LogP contribution in [0.5, 0.6) is 0 Å². The zero-order chi connectivity index (χ0) is 17.7. The summed E-state index contributed by atoms with van der Waals surface area (Å²) in [6.45, 7) is 4.21. The van der Waals surface area contributed by atoms with Crippen molar-refractivity contribution in [3.05, 3.63) is 29.8 Å². The maximum atomic E-state index is 13.0. The van der Waals surface area contributed by atoms with Gasteiger partial charge < -0.3 is 4.90 Å². The second kappa shape index (κ2) is 5.97. The maximum absolute atomic E-state index is 13.0. The number of carbonyl (C=O) groups excluding carboxylic acids is 3. The molecule has 1 atom stereocenters. The van der Waals surface area contributed by atoms with Gasteiger partial charge in [0.05, 0.1) is 12.1 Å². The Labute approximate surface area is 148 Å². The van der Waals surface area contributed by atoms with Crippen molar-refractivity contribution in [1.82, 2.24) is 4.90 Å². The molecule has 1 aromatic carbocycles. The summed E-state index contributed by atoms with van der Waals surface area (Å²) >= 11 is 0. The molecule has 0 N–H and O–H groups in total. The molecule has 0 bridgehead atoms. The van der Waals surface area contributed by atoms with Crippen LogP contribution >= 0.6 is 0 Å². The quantitative estimate of drug-likeness (QED) is 0.775. The summed E-state index contributed by atoms with van der Waals surface area (Å²) in [6.07, 6.45) is 3.83. The van der Waals surface area contributed by atoms with Crippen molar-refractivity contribution < 1.29 is 14.4 Å². The van der Waals surface area contributed by atoms with Crippen LogP contribution in [0.3, 0.4) is 0 Å². The van der Waals surface area contributed by atoms with E-state index in [0.717, 1.165) is 25.7 Å². The summed E-state index contributed by atoms with van der Waals surface area (Å²) < 4.78 is 0. The molecule has 3 fully saturated rings. The second-order valence-corrected chi connectivity index (χ2v) is 7.78. The highest BCUT2D eigenvalue weighted by Gasteiger charge is 2.51. The molecule has 5 heteroatoms. The predicted octanol–water partition coefficient (Wildman–Crippen LogP) is 2.84. The van der Waals surface area contributed by atoms with Gasteiger partial charge in [0.25, 0.3) is 5.91 Å². The highest BCUT2D eigenvalue weighted by molar-refractivity contribution is 6.23. The van der Waals surface area contributed by atoms with Gasteiger partial charge in [-0.05, 0) is 49.3 Å². The smallest absolute Gasteiger partial charge is 0.257 e. The van der Waals surface area contributed by atoms with Crippen molar-refractivity contribution >= 4 is 23.4 Å². The highest BCUT2D eigenvalue weighted by Crippen LogP contribution is 2.39. The monoisotopic (exact) mass is 340 g/mol. The molecule has 1 heterocycles. The Balaban J connectivity index is 1.57. The molecular weight excluding hydrogens is 316 g/mol. The number of benzene rings is 1. The van der Waals surface area contributed by atoms with E-state index >= 15 is 0 Å². The fourth-order valence-electron chi connectivity index (χ4n) is 3.59. The van der Waals surface area contributed by atoms with Gasteiger partial charge in [0.15, 0.2) is 0 Å². The lowest BCUT2D eigenvalue weighted by Crippen LogP contribution is -2.47. The van der Waals surface area contributed by atoms with Crippen molar-refractivity contribution in [3.8, 4) is 0 Å². The first-order valence-corrected chi connectivity index (χ1v) is 9.26. The first-order valence-electron chi connectivity index (χ1n) is 9.26. The molecule has 25 heavy (non-hydrogen) atoms. The minimum Gasteiger partial charge on any atom is -0.327 e. The van der Waals surface area contributed by atoms with Gasteiger partial charge in [-0.15, -0.1) is 0 Å². The van der Waals surface area contributed by atoms with Gasteiger partial charge in [-0.1, -0.05) is 26.0 Å². The largest absolute Gasteiger partial charge is 0.327 e. The SMILES string of the molecule is CC(C)c1ccc(N2C(=O)CC(N(C(=O)C3CC3)C3CC3)C2=O)cc1. The highest BCUT2D eigenvalue weighted by atomic mass is 16.2. The van der Waals surface area contributed by atoms with Crippen LogP contribution in [0.15, 0.2) is 24.3 Å². The number of amides is 3. The van der Waals surface area contributed by atoms with Crippen LogP contribution in [0.1, 0.15) is 57.4 Å². The van der Waals surface area contributed by atoms with E-state index in [1.807, 2.05) is 24.3 Å². The Kier molecular flexibility index (Phi) is 3.89. The Hall–Kier alpha value is -2.17. The van der Waals surface area contributed by atoms with Crippen LogP contribution in [0.4, 0.5) is 5.69 Å². The molecule has 2 aliphatic carbocycles. The topological polar surface area (TPSA) is 57.7 Å². The van der Waals surface area contributed by atoms with E-state index in [4.69, 9.17) is 0 Å². The number of carbonyl (C=O) groups is 3. The average molecular weight is 340 g/mol. The van der Waals surface area contributed by atoms with Crippen molar-refractivity contribution in [3.63, 3.8) is 0 Å². The van der Waals surface area contributed by atoms with Gasteiger partial charge in [0.1, 0.15) is 6.04 Å². The van der Waals surface area contributed by atoms with E-state index in [0.29, 0.717) is 11.6 Å². The van der Waals surface area contributed by atoms with Gasteiger partial charge >= 0.3 is 0 Å². The van der Waals surface area contributed by atoms with Crippen LogP contribution < -0.4 is 4.90 Å². The number of nitrogens with zero attached hydrogens (tertiary/aromatic N) is 2. The lowest BCUT2D eigenvalue weighted by molar-refractivity contribution is -0.140. The van der Waals surface area contributed by atoms with Crippen molar-refractivity contribution in [2.75, 3.05) is 4.90 Å². The maximum Gasteiger partial charge on any atom is 0.257 e. The van der Waals surface area contributed by atoms with E-state index in [9.17, 15) is 14.4 Å². The van der Waals surface area contributed by atoms with Crippen molar-refractivity contribution in [2.45, 2.75) is 64.0 Å². The van der Waals surface area contributed by atoms with Crippen LogP contribution in [0, 0.1) is 5.92 Å². The molecule has 0 spiro atoms. The number of anilines is 1. The second-order valence-electron chi connectivity index (χ2n) is 7.78. The van der Waals surface area contributed by atoms with Gasteiger partial charge in [-0.25, -0.2) is 4.90 Å². The minimum atomic E-state index is -0.613. The zero-order valence-corrected chi connectivity index (χ0v) is 14.8. The third-order valence-corrected chi connectivity index (χ3v) is 5.40. The molecule has 0 radical (unpaired) electrons. The van der Waals surface area contributed by atoms with E-state index in [2.05, 4.69) is 13.8 Å². The fourth-order valence-corrected chi connectivity index (χ4v) is 3.59. The van der Waals surface area contributed by atoms with Crippen LogP contribution in [0.25, 0.3) is 0 Å². The lowest BCUT2D eigenvalue weighted by Gasteiger charge is -2.27. The number of hydrogen-bond donors (Lipinski definition) is 0. The molecule has 1 unspecified atom stereocenters. The molecule has 4 rings (SSSR count). The average Bonchev–Trinajstić information content (AvgIpc) is 3.47. The van der Waals surface area contributed by atoms with Gasteiger partial charge in [-0.2, -0.15) is 0 Å². The summed E-state index contributed by atoms with van der Waals surface area (Å²) in [5.41, 5.74) is 1.78. The molecule has 1 aromatic rings. The van der Waals surface area contributed by atoms with Crippen LogP contribution in [-0.2, 0) is 14.4 Å². The molecule has 1 aliphatic heterocycles. The van der Waals surface area contributed by atoms with E-state index in [1.54, 1.807) is 4.90 Å². The Morgan fingerprint density at radius 3 is 2.24 bits per heavy atom. The fraction of sp³-hybridized carbons (Fsp3) is 0.550. The number of rotatable bonds is 5. The minimum absolute atomic E-state index is 0.0721. The van der Waals surface area contributed by atoms with Crippen molar-refractivity contribution in [1.29, 1.82) is 0 Å². The van der Waals surface area contributed by atoms with Gasteiger partial charge in [-0.3, -0.25) is 14.4 Å². The normalized spacial score (nSPS) is 23.5. The van der Waals surface area contributed by atoms with Gasteiger partial charge in [0, 0.05) is 12.0 Å². The van der Waals surface area contributed by atoms with Crippen LogP contribution in [-0.4, -0.2) is 34.7 Å². The van der Waals surface area contributed by atoms with Crippen LogP contribution in [0.2, 0.25) is 0 Å². The summed E-state index contributed by atoms with van der Waals surface area (Å²) in [7, 11) is 0. The van der Waals surface area contributed by atoms with Gasteiger partial charge in [0.2, 0.25) is 11.8 Å².